The Kier molecular flexibility index (Phi) is 5.47. The lowest BCUT2D eigenvalue weighted by Gasteiger charge is -2.10. The Hall–Kier alpha value is -3.25. The number of hydrogen-bond donors (Lipinski definition) is 0. The van der Waals surface area contributed by atoms with E-state index in [2.05, 4.69) is 5.10 Å². The monoisotopic (exact) mass is 382 g/mol. The van der Waals surface area contributed by atoms with Gasteiger partial charge in [0.2, 0.25) is 5.78 Å². The highest BCUT2D eigenvalue weighted by Crippen LogP contribution is 2.14. The van der Waals surface area contributed by atoms with Crippen molar-refractivity contribution in [3.8, 4) is 5.69 Å². The normalized spacial score (nSPS) is 10.4. The fourth-order valence-electron chi connectivity index (χ4n) is 2.45. The molecule has 0 spiro atoms. The van der Waals surface area contributed by atoms with E-state index in [9.17, 15) is 14.4 Å². The van der Waals surface area contributed by atoms with Gasteiger partial charge in [0.15, 0.2) is 0 Å². The molecule has 0 radical (unpaired) electrons. The summed E-state index contributed by atoms with van der Waals surface area (Å²) in [5.41, 5.74) is -0.206. The largest absolute Gasteiger partial charge is 0.462 e. The van der Waals surface area contributed by atoms with E-state index >= 15 is 0 Å². The lowest BCUT2D eigenvalue weighted by molar-refractivity contribution is 0.0523. The molecule has 0 bridgehead atoms. The first-order chi connectivity index (χ1) is 13.0. The van der Waals surface area contributed by atoms with Gasteiger partial charge in [-0.3, -0.25) is 9.59 Å². The third-order valence-electron chi connectivity index (χ3n) is 3.75. The van der Waals surface area contributed by atoms with E-state index in [4.69, 9.17) is 16.3 Å². The second-order valence-electron chi connectivity index (χ2n) is 5.55. The van der Waals surface area contributed by atoms with Crippen LogP contribution in [0.4, 0.5) is 0 Å². The maximum Gasteiger partial charge on any atom is 0.343 e. The lowest BCUT2D eigenvalue weighted by Crippen LogP contribution is -2.30. The summed E-state index contributed by atoms with van der Waals surface area (Å²) in [6, 6.07) is 16.0. The van der Waals surface area contributed by atoms with Gasteiger partial charge in [-0.15, -0.1) is 0 Å². The maximum atomic E-state index is 12.8. The zero-order valence-electron chi connectivity index (χ0n) is 14.4. The van der Waals surface area contributed by atoms with Crippen LogP contribution in [0.5, 0.6) is 0 Å². The second-order valence-corrected chi connectivity index (χ2v) is 5.99. The predicted octanol–water partition coefficient (Wildman–Crippen LogP) is 3.29. The van der Waals surface area contributed by atoms with Gasteiger partial charge in [0, 0.05) is 10.6 Å². The molecule has 27 heavy (non-hydrogen) atoms. The molecule has 0 amide bonds. The van der Waals surface area contributed by atoms with Gasteiger partial charge in [0.1, 0.15) is 11.3 Å². The van der Waals surface area contributed by atoms with Gasteiger partial charge < -0.3 is 4.74 Å². The first-order valence-electron chi connectivity index (χ1n) is 8.18. The number of carbonyl (C=O) groups excluding carboxylic acids is 2. The molecule has 2 aromatic carbocycles. The molecule has 0 unspecified atom stereocenters. The van der Waals surface area contributed by atoms with Crippen LogP contribution in [-0.2, 0) is 4.74 Å². The Morgan fingerprint density at radius 2 is 1.74 bits per heavy atom. The number of hydrogen-bond acceptors (Lipinski definition) is 5. The van der Waals surface area contributed by atoms with Gasteiger partial charge in [0.05, 0.1) is 12.3 Å². The Morgan fingerprint density at radius 1 is 1.07 bits per heavy atom. The minimum atomic E-state index is -0.806. The highest BCUT2D eigenvalue weighted by atomic mass is 35.5. The molecule has 6 nitrogen and oxygen atoms in total. The molecule has 1 heterocycles. The number of para-hydroxylation sites is 1. The van der Waals surface area contributed by atoms with Crippen LogP contribution in [0.25, 0.3) is 5.69 Å². The Balaban J connectivity index is 2.17. The number of nitrogens with zero attached hydrogens (tertiary/aromatic N) is 2. The smallest absolute Gasteiger partial charge is 0.343 e. The summed E-state index contributed by atoms with van der Waals surface area (Å²) in [5, 5.41) is 4.65. The first-order valence-corrected chi connectivity index (χ1v) is 8.56. The lowest BCUT2D eigenvalue weighted by atomic mass is 10.1. The number of ether oxygens (including phenoxy) is 1. The zero-order chi connectivity index (χ0) is 19.4. The van der Waals surface area contributed by atoms with Crippen molar-refractivity contribution < 1.29 is 14.3 Å². The van der Waals surface area contributed by atoms with Crippen LogP contribution >= 0.6 is 11.6 Å². The molecule has 0 aliphatic rings. The molecule has 0 fully saturated rings. The topological polar surface area (TPSA) is 78.3 Å². The summed E-state index contributed by atoms with van der Waals surface area (Å²) in [6.45, 7) is 1.74. The van der Waals surface area contributed by atoms with Gasteiger partial charge in [-0.1, -0.05) is 29.8 Å². The van der Waals surface area contributed by atoms with Gasteiger partial charge in [-0.2, -0.15) is 9.78 Å². The Morgan fingerprint density at radius 3 is 2.37 bits per heavy atom. The summed E-state index contributed by atoms with van der Waals surface area (Å²) in [4.78, 5) is 37.7. The van der Waals surface area contributed by atoms with Crippen LogP contribution < -0.4 is 5.56 Å². The highest BCUT2D eigenvalue weighted by molar-refractivity contribution is 6.30. The third kappa shape index (κ3) is 3.96. The number of esters is 1. The first kappa shape index (κ1) is 18.5. The van der Waals surface area contributed by atoms with Gasteiger partial charge in [-0.25, -0.2) is 4.79 Å². The Bertz CT molecular complexity index is 1040. The molecule has 3 rings (SSSR count). The fourth-order valence-corrected chi connectivity index (χ4v) is 2.58. The highest BCUT2D eigenvalue weighted by Gasteiger charge is 2.21. The van der Waals surface area contributed by atoms with E-state index in [1.165, 1.54) is 0 Å². The van der Waals surface area contributed by atoms with Crippen molar-refractivity contribution in [2.75, 3.05) is 6.61 Å². The van der Waals surface area contributed by atoms with E-state index in [1.807, 2.05) is 0 Å². The van der Waals surface area contributed by atoms with Crippen molar-refractivity contribution >= 4 is 23.4 Å². The molecule has 0 aliphatic carbocycles. The quantitative estimate of drug-likeness (QED) is 0.499. The van der Waals surface area contributed by atoms with Crippen molar-refractivity contribution in [3.05, 3.63) is 92.9 Å². The fraction of sp³-hybridized carbons (Fsp3) is 0.100. The number of ketones is 1. The van der Waals surface area contributed by atoms with Crippen molar-refractivity contribution in [2.24, 2.45) is 0 Å². The standard InChI is InChI=1S/C20H15ClN2O4/c1-2-27-20(26)16-12-17(18(24)13-8-10-14(21)11-9-13)22-23(19(16)25)15-6-4-3-5-7-15/h3-12H,2H2,1H3. The molecule has 7 heteroatoms. The number of aromatic nitrogens is 2. The predicted molar refractivity (Wildman–Crippen MR) is 101 cm³/mol. The van der Waals surface area contributed by atoms with Crippen LogP contribution in [0.15, 0.2) is 65.5 Å². The van der Waals surface area contributed by atoms with Crippen molar-refractivity contribution in [3.63, 3.8) is 0 Å². The van der Waals surface area contributed by atoms with Crippen LogP contribution in [-0.4, -0.2) is 28.1 Å². The van der Waals surface area contributed by atoms with Crippen LogP contribution in [0.1, 0.15) is 33.3 Å². The summed E-state index contributed by atoms with van der Waals surface area (Å²) in [5.74, 6) is -1.25. The minimum absolute atomic E-state index is 0.0520. The number of rotatable bonds is 5. The van der Waals surface area contributed by atoms with E-state index in [-0.39, 0.29) is 17.9 Å². The van der Waals surface area contributed by atoms with Crippen molar-refractivity contribution in [1.29, 1.82) is 0 Å². The summed E-state index contributed by atoms with van der Waals surface area (Å²) in [7, 11) is 0. The third-order valence-corrected chi connectivity index (χ3v) is 4.00. The molecule has 0 N–H and O–H groups in total. The van der Waals surface area contributed by atoms with E-state index in [0.717, 1.165) is 10.7 Å². The van der Waals surface area contributed by atoms with Crippen molar-refractivity contribution in [2.45, 2.75) is 6.92 Å². The van der Waals surface area contributed by atoms with Crippen LogP contribution in [0.2, 0.25) is 5.02 Å². The molecular formula is C20H15ClN2O4. The molecule has 0 atom stereocenters. The second kappa shape index (κ2) is 7.97. The van der Waals surface area contributed by atoms with Gasteiger partial charge in [0.25, 0.3) is 5.56 Å². The zero-order valence-corrected chi connectivity index (χ0v) is 15.1. The minimum Gasteiger partial charge on any atom is -0.462 e. The number of benzene rings is 2. The molecule has 1 aromatic heterocycles. The van der Waals surface area contributed by atoms with E-state index in [0.29, 0.717) is 16.3 Å². The van der Waals surface area contributed by atoms with Crippen molar-refractivity contribution in [1.82, 2.24) is 9.78 Å². The molecule has 136 valence electrons. The van der Waals surface area contributed by atoms with Crippen LogP contribution in [0, 0.1) is 0 Å². The maximum absolute atomic E-state index is 12.8. The number of halogens is 1. The summed E-state index contributed by atoms with van der Waals surface area (Å²) in [6.07, 6.45) is 0. The van der Waals surface area contributed by atoms with Crippen LogP contribution in [0.3, 0.4) is 0 Å². The molecule has 3 aromatic rings. The average molecular weight is 383 g/mol. The number of carbonyl (C=O) groups is 2. The Labute approximate surface area is 160 Å². The van der Waals surface area contributed by atoms with Gasteiger partial charge in [-0.05, 0) is 49.4 Å². The van der Waals surface area contributed by atoms with Gasteiger partial charge >= 0.3 is 5.97 Å². The average Bonchev–Trinajstić information content (AvgIpc) is 2.69. The molecule has 0 saturated carbocycles. The molecule has 0 saturated heterocycles. The molecule has 0 aliphatic heterocycles. The summed E-state index contributed by atoms with van der Waals surface area (Å²) >= 11 is 5.86. The van der Waals surface area contributed by atoms with E-state index in [1.54, 1.807) is 61.5 Å². The summed E-state index contributed by atoms with van der Waals surface area (Å²) < 4.78 is 5.97. The SMILES string of the molecule is CCOC(=O)c1cc(C(=O)c2ccc(Cl)cc2)nn(-c2ccccc2)c1=O. The molecular weight excluding hydrogens is 368 g/mol. The van der Waals surface area contributed by atoms with E-state index < -0.39 is 17.3 Å².